The van der Waals surface area contributed by atoms with Crippen molar-refractivity contribution in [2.24, 2.45) is 0 Å². The molecule has 8 nitrogen and oxygen atoms in total. The van der Waals surface area contributed by atoms with Crippen molar-refractivity contribution in [3.05, 3.63) is 11.9 Å². The lowest BCUT2D eigenvalue weighted by molar-refractivity contribution is -0.132. The Hall–Kier alpha value is -1.90. The number of hydrogen-bond donors (Lipinski definition) is 0. The molecule has 0 aromatic carbocycles. The Labute approximate surface area is 135 Å². The minimum Gasteiger partial charge on any atom is -0.340 e. The second kappa shape index (κ2) is 5.63. The number of hydrogen-bond acceptors (Lipinski definition) is 5. The number of carbonyl (C=O) groups is 1. The molecule has 1 amide bonds. The molecule has 0 aliphatic carbocycles. The predicted octanol–water partition coefficient (Wildman–Crippen LogP) is 0.207. The summed E-state index contributed by atoms with van der Waals surface area (Å²) < 4.78 is 26.6. The summed E-state index contributed by atoms with van der Waals surface area (Å²) >= 11 is 0. The van der Waals surface area contributed by atoms with Crippen LogP contribution in [0.2, 0.25) is 0 Å². The van der Waals surface area contributed by atoms with Gasteiger partial charge < -0.3 is 4.90 Å². The van der Waals surface area contributed by atoms with E-state index in [1.54, 1.807) is 17.9 Å². The van der Waals surface area contributed by atoms with E-state index in [4.69, 9.17) is 0 Å². The van der Waals surface area contributed by atoms with Crippen molar-refractivity contribution >= 4 is 26.8 Å². The highest BCUT2D eigenvalue weighted by Gasteiger charge is 2.33. The third kappa shape index (κ3) is 2.85. The predicted molar refractivity (Wildman–Crippen MR) is 85.8 cm³/mol. The summed E-state index contributed by atoms with van der Waals surface area (Å²) in [6.07, 6.45) is 2.22. The summed E-state index contributed by atoms with van der Waals surface area (Å²) in [6.45, 7) is 4.73. The van der Waals surface area contributed by atoms with Crippen LogP contribution in [0, 0.1) is 6.92 Å². The van der Waals surface area contributed by atoms with Crippen LogP contribution in [-0.4, -0.2) is 63.4 Å². The molecule has 2 aromatic rings. The van der Waals surface area contributed by atoms with Crippen molar-refractivity contribution in [2.75, 3.05) is 18.6 Å². The highest BCUT2D eigenvalue weighted by Crippen LogP contribution is 2.20. The summed E-state index contributed by atoms with van der Waals surface area (Å²) in [4.78, 5) is 14.0. The lowest BCUT2D eigenvalue weighted by Crippen LogP contribution is -2.39. The van der Waals surface area contributed by atoms with Crippen molar-refractivity contribution in [1.82, 2.24) is 24.5 Å². The molecule has 1 saturated heterocycles. The number of aromatic nitrogens is 4. The van der Waals surface area contributed by atoms with E-state index in [0.29, 0.717) is 6.42 Å². The lowest BCUT2D eigenvalue weighted by atomic mass is 10.2. The molecule has 9 heteroatoms. The molecule has 3 rings (SSSR count). The number of amides is 1. The minimum absolute atomic E-state index is 0.0521. The van der Waals surface area contributed by atoms with E-state index in [9.17, 15) is 13.2 Å². The number of carbonyl (C=O) groups excluding carboxylic acids is 1. The molecule has 3 heterocycles. The molecule has 0 bridgehead atoms. The van der Waals surface area contributed by atoms with Crippen molar-refractivity contribution < 1.29 is 13.2 Å². The maximum Gasteiger partial charge on any atom is 0.244 e. The van der Waals surface area contributed by atoms with Gasteiger partial charge in [0.1, 0.15) is 17.6 Å². The Kier molecular flexibility index (Phi) is 3.91. The quantitative estimate of drug-likeness (QED) is 0.794. The first kappa shape index (κ1) is 16.0. The Morgan fingerprint density at radius 2 is 2.17 bits per heavy atom. The zero-order chi connectivity index (χ0) is 16.8. The Morgan fingerprint density at radius 3 is 2.78 bits per heavy atom. The fraction of sp³-hybridized carbons (Fsp3) is 0.643. The third-order valence-electron chi connectivity index (χ3n) is 4.45. The summed E-state index contributed by atoms with van der Waals surface area (Å²) in [6, 6.07) is -0.238. The number of nitrogens with zero attached hydrogens (tertiary/aromatic N) is 5. The fourth-order valence-corrected chi connectivity index (χ4v) is 4.88. The molecule has 1 atom stereocenters. The molecule has 23 heavy (non-hydrogen) atoms. The van der Waals surface area contributed by atoms with Gasteiger partial charge in [-0.1, -0.05) is 0 Å². The minimum atomic E-state index is -3.01. The van der Waals surface area contributed by atoms with Gasteiger partial charge in [-0.3, -0.25) is 14.2 Å². The molecule has 1 aliphatic heterocycles. The molecule has 0 radical (unpaired) electrons. The first-order valence-corrected chi connectivity index (χ1v) is 9.49. The molecule has 2 aromatic heterocycles. The van der Waals surface area contributed by atoms with E-state index in [1.807, 2.05) is 18.5 Å². The van der Waals surface area contributed by atoms with Crippen molar-refractivity contribution in [3.63, 3.8) is 0 Å². The van der Waals surface area contributed by atoms with E-state index < -0.39 is 9.84 Å². The van der Waals surface area contributed by atoms with Crippen LogP contribution in [0.15, 0.2) is 6.20 Å². The second-order valence-corrected chi connectivity index (χ2v) is 8.23. The largest absolute Gasteiger partial charge is 0.340 e. The van der Waals surface area contributed by atoms with Crippen LogP contribution in [0.4, 0.5) is 0 Å². The monoisotopic (exact) mass is 339 g/mol. The van der Waals surface area contributed by atoms with Gasteiger partial charge in [0, 0.05) is 19.6 Å². The van der Waals surface area contributed by atoms with Gasteiger partial charge in [-0.05, 0) is 20.3 Å². The average molecular weight is 339 g/mol. The zero-order valence-electron chi connectivity index (χ0n) is 13.6. The zero-order valence-corrected chi connectivity index (χ0v) is 14.4. The highest BCUT2D eigenvalue weighted by atomic mass is 32.2. The van der Waals surface area contributed by atoms with E-state index in [1.165, 1.54) is 4.90 Å². The van der Waals surface area contributed by atoms with Gasteiger partial charge in [-0.2, -0.15) is 10.2 Å². The maximum absolute atomic E-state index is 12.5. The molecule has 0 saturated carbocycles. The normalized spacial score (nSPS) is 20.2. The number of fused-ring (bicyclic) bond motifs is 1. The second-order valence-electron chi connectivity index (χ2n) is 6.00. The molecular weight excluding hydrogens is 318 g/mol. The Balaban J connectivity index is 1.79. The molecular formula is C14H21N5O3S. The van der Waals surface area contributed by atoms with Crippen LogP contribution in [0.1, 0.15) is 19.0 Å². The topological polar surface area (TPSA) is 90.1 Å². The van der Waals surface area contributed by atoms with Gasteiger partial charge in [0.15, 0.2) is 9.84 Å². The van der Waals surface area contributed by atoms with Crippen LogP contribution >= 0.6 is 0 Å². The Morgan fingerprint density at radius 1 is 1.43 bits per heavy atom. The maximum atomic E-state index is 12.5. The van der Waals surface area contributed by atoms with Crippen LogP contribution in [0.3, 0.4) is 0 Å². The number of rotatable bonds is 4. The van der Waals surface area contributed by atoms with E-state index >= 15 is 0 Å². The van der Waals surface area contributed by atoms with E-state index in [2.05, 4.69) is 10.2 Å². The van der Waals surface area contributed by atoms with Gasteiger partial charge in [0.05, 0.1) is 23.4 Å². The van der Waals surface area contributed by atoms with Crippen molar-refractivity contribution in [1.29, 1.82) is 0 Å². The lowest BCUT2D eigenvalue weighted by Gasteiger charge is -2.23. The van der Waals surface area contributed by atoms with Gasteiger partial charge >= 0.3 is 0 Å². The third-order valence-corrected chi connectivity index (χ3v) is 6.20. The van der Waals surface area contributed by atoms with Crippen molar-refractivity contribution in [2.45, 2.75) is 39.4 Å². The summed E-state index contributed by atoms with van der Waals surface area (Å²) in [7, 11) is -1.34. The van der Waals surface area contributed by atoms with Crippen LogP contribution < -0.4 is 0 Å². The van der Waals surface area contributed by atoms with E-state index in [-0.39, 0.29) is 30.0 Å². The molecule has 0 unspecified atom stereocenters. The fourth-order valence-electron chi connectivity index (χ4n) is 3.10. The highest BCUT2D eigenvalue weighted by molar-refractivity contribution is 7.91. The van der Waals surface area contributed by atoms with Crippen LogP contribution in [-0.2, 0) is 27.7 Å². The number of aryl methyl sites for hydroxylation is 2. The van der Waals surface area contributed by atoms with Crippen LogP contribution in [0.5, 0.6) is 0 Å². The molecule has 0 spiro atoms. The summed E-state index contributed by atoms with van der Waals surface area (Å²) in [5.74, 6) is 0.0704. The Bertz CT molecular complexity index is 851. The van der Waals surface area contributed by atoms with Gasteiger partial charge in [0.25, 0.3) is 0 Å². The summed E-state index contributed by atoms with van der Waals surface area (Å²) in [5.41, 5.74) is 2.59. The molecule has 126 valence electrons. The first-order chi connectivity index (χ1) is 10.8. The number of likely N-dealkylation sites (N-methyl/N-ethyl adjacent to an activating group) is 1. The van der Waals surface area contributed by atoms with E-state index in [0.717, 1.165) is 23.3 Å². The smallest absolute Gasteiger partial charge is 0.244 e. The average Bonchev–Trinajstić information content (AvgIpc) is 3.15. The van der Waals surface area contributed by atoms with Gasteiger partial charge in [-0.25, -0.2) is 8.42 Å². The van der Waals surface area contributed by atoms with Gasteiger partial charge in [-0.15, -0.1) is 0 Å². The molecule has 1 fully saturated rings. The first-order valence-electron chi connectivity index (χ1n) is 7.67. The van der Waals surface area contributed by atoms with Gasteiger partial charge in [0.2, 0.25) is 5.91 Å². The SMILES string of the molecule is CCn1nc(C)c2c1cnn2CC(=O)N(C)[C@@H]1CCS(=O)(=O)C1. The van der Waals surface area contributed by atoms with Crippen LogP contribution in [0.25, 0.3) is 11.0 Å². The molecule has 1 aliphatic rings. The standard InChI is InChI=1S/C14H21N5O3S/c1-4-18-12-7-15-19(14(12)10(2)16-18)8-13(20)17(3)11-5-6-23(21,22)9-11/h7,11H,4-6,8-9H2,1-3H3/t11-/m1/s1. The number of sulfone groups is 1. The molecule has 0 N–H and O–H groups in total. The van der Waals surface area contributed by atoms with Crippen molar-refractivity contribution in [3.8, 4) is 0 Å². The summed E-state index contributed by atoms with van der Waals surface area (Å²) in [5, 5.41) is 8.72.